The van der Waals surface area contributed by atoms with Gasteiger partial charge in [0, 0.05) is 22.7 Å². The molecular formula is C20H18N4OS2. The zero-order valence-corrected chi connectivity index (χ0v) is 16.2. The molecule has 2 aliphatic rings. The number of allylic oxidation sites excluding steroid dienone is 2. The van der Waals surface area contributed by atoms with Crippen LogP contribution in [0.5, 0.6) is 0 Å². The van der Waals surface area contributed by atoms with Gasteiger partial charge in [0.05, 0.1) is 5.92 Å². The maximum absolute atomic E-state index is 12.7. The minimum absolute atomic E-state index is 0.112. The summed E-state index contributed by atoms with van der Waals surface area (Å²) >= 11 is 3.28. The largest absolute Gasteiger partial charge is 0.328 e. The molecule has 1 aromatic carbocycles. The van der Waals surface area contributed by atoms with Crippen molar-refractivity contribution in [1.82, 2.24) is 14.8 Å². The molecule has 0 radical (unpaired) electrons. The lowest BCUT2D eigenvalue weighted by Gasteiger charge is -2.35. The quantitative estimate of drug-likeness (QED) is 0.660. The average molecular weight is 395 g/mol. The van der Waals surface area contributed by atoms with Crippen molar-refractivity contribution in [2.75, 3.05) is 5.32 Å². The van der Waals surface area contributed by atoms with Crippen molar-refractivity contribution in [3.8, 4) is 0 Å². The van der Waals surface area contributed by atoms with E-state index in [9.17, 15) is 4.79 Å². The van der Waals surface area contributed by atoms with Gasteiger partial charge in [-0.3, -0.25) is 4.79 Å². The van der Waals surface area contributed by atoms with Gasteiger partial charge < -0.3 is 5.32 Å². The van der Waals surface area contributed by atoms with Crippen LogP contribution in [0.15, 0.2) is 64.8 Å². The summed E-state index contributed by atoms with van der Waals surface area (Å²) in [6.07, 6.45) is 3.53. The van der Waals surface area contributed by atoms with Crippen molar-refractivity contribution < 1.29 is 4.79 Å². The highest BCUT2D eigenvalue weighted by atomic mass is 32.2. The van der Waals surface area contributed by atoms with Gasteiger partial charge in [0.15, 0.2) is 0 Å². The van der Waals surface area contributed by atoms with Gasteiger partial charge in [-0.05, 0) is 23.4 Å². The van der Waals surface area contributed by atoms with Crippen LogP contribution in [0, 0.1) is 5.92 Å². The smallest absolute Gasteiger partial charge is 0.227 e. The number of aromatic nitrogens is 3. The number of Topliss-reactive ketones (excluding diaryl/α,β-unsaturated/α-hetero) is 1. The predicted octanol–water partition coefficient (Wildman–Crippen LogP) is 4.51. The standard InChI is InChI=1S/C20H18N4OS2/c25-15-9-4-8-14-17(15)18(16-10-5-11-26-16)24-19(21-14)22-20(23-24)27-12-13-6-2-1-3-7-13/h1-3,5-8,10-11,17-18H,4,9,12H2,(H,21,22,23)/t17-,18-/m0/s1. The van der Waals surface area contributed by atoms with Gasteiger partial charge in [0.2, 0.25) is 11.1 Å². The minimum atomic E-state index is -0.196. The molecule has 0 unspecified atom stereocenters. The Labute approximate surface area is 165 Å². The number of rotatable bonds is 4. The first kappa shape index (κ1) is 16.8. The molecule has 0 bridgehead atoms. The first-order chi connectivity index (χ1) is 13.3. The van der Waals surface area contributed by atoms with E-state index in [4.69, 9.17) is 10.1 Å². The molecular weight excluding hydrogens is 376 g/mol. The molecule has 1 aliphatic carbocycles. The minimum Gasteiger partial charge on any atom is -0.328 e. The summed E-state index contributed by atoms with van der Waals surface area (Å²) in [5, 5.41) is 10.9. The Hall–Kier alpha value is -2.38. The van der Waals surface area contributed by atoms with E-state index in [0.29, 0.717) is 6.42 Å². The topological polar surface area (TPSA) is 59.8 Å². The summed E-state index contributed by atoms with van der Waals surface area (Å²) in [6, 6.07) is 14.3. The van der Waals surface area contributed by atoms with Gasteiger partial charge >= 0.3 is 0 Å². The number of thiophene rings is 1. The van der Waals surface area contributed by atoms with Crippen LogP contribution in [0.25, 0.3) is 0 Å². The van der Waals surface area contributed by atoms with E-state index in [1.54, 1.807) is 23.1 Å². The van der Waals surface area contributed by atoms with Crippen LogP contribution in [-0.4, -0.2) is 20.5 Å². The van der Waals surface area contributed by atoms with Gasteiger partial charge in [-0.1, -0.05) is 54.2 Å². The molecule has 0 fully saturated rings. The molecule has 0 saturated heterocycles. The number of hydrogen-bond donors (Lipinski definition) is 1. The fourth-order valence-electron chi connectivity index (χ4n) is 3.68. The predicted molar refractivity (Wildman–Crippen MR) is 108 cm³/mol. The maximum atomic E-state index is 12.7. The third-order valence-corrected chi connectivity index (χ3v) is 6.78. The molecule has 1 aliphatic heterocycles. The van der Waals surface area contributed by atoms with Crippen molar-refractivity contribution in [2.45, 2.75) is 29.8 Å². The summed E-state index contributed by atoms with van der Waals surface area (Å²) in [6.45, 7) is 0. The maximum Gasteiger partial charge on any atom is 0.227 e. The Morgan fingerprint density at radius 2 is 2.11 bits per heavy atom. The molecule has 2 aromatic heterocycles. The van der Waals surface area contributed by atoms with Crippen LogP contribution in [0.3, 0.4) is 0 Å². The van der Waals surface area contributed by atoms with E-state index in [-0.39, 0.29) is 17.7 Å². The molecule has 2 atom stereocenters. The van der Waals surface area contributed by atoms with E-state index < -0.39 is 0 Å². The number of nitrogens with zero attached hydrogens (tertiary/aromatic N) is 3. The molecule has 3 heterocycles. The number of nitrogens with one attached hydrogen (secondary N) is 1. The molecule has 7 heteroatoms. The Morgan fingerprint density at radius 3 is 2.93 bits per heavy atom. The molecule has 0 spiro atoms. The van der Waals surface area contributed by atoms with Crippen LogP contribution in [0.2, 0.25) is 0 Å². The number of ketones is 1. The average Bonchev–Trinajstić information content (AvgIpc) is 3.35. The Morgan fingerprint density at radius 1 is 1.22 bits per heavy atom. The highest BCUT2D eigenvalue weighted by Gasteiger charge is 2.42. The van der Waals surface area contributed by atoms with Crippen molar-refractivity contribution in [2.24, 2.45) is 5.92 Å². The lowest BCUT2D eigenvalue weighted by molar-refractivity contribution is -0.123. The normalized spacial score (nSPS) is 21.2. The second kappa shape index (κ2) is 6.98. The van der Waals surface area contributed by atoms with Gasteiger partial charge in [-0.25, -0.2) is 4.68 Å². The van der Waals surface area contributed by atoms with Crippen LogP contribution in [0.1, 0.15) is 29.3 Å². The molecule has 5 rings (SSSR count). The highest BCUT2D eigenvalue weighted by molar-refractivity contribution is 7.98. The third kappa shape index (κ3) is 3.11. The number of anilines is 1. The lowest BCUT2D eigenvalue weighted by Crippen LogP contribution is -2.38. The molecule has 0 amide bonds. The zero-order valence-electron chi connectivity index (χ0n) is 14.5. The van der Waals surface area contributed by atoms with Gasteiger partial charge in [-0.2, -0.15) is 4.98 Å². The molecule has 0 saturated carbocycles. The second-order valence-corrected chi connectivity index (χ2v) is 8.59. The van der Waals surface area contributed by atoms with E-state index in [1.165, 1.54) is 5.56 Å². The molecule has 5 nitrogen and oxygen atoms in total. The van der Waals surface area contributed by atoms with Gasteiger partial charge in [0.25, 0.3) is 0 Å². The number of carbonyl (C=O) groups excluding carboxylic acids is 1. The molecule has 136 valence electrons. The number of thioether (sulfide) groups is 1. The zero-order chi connectivity index (χ0) is 18.2. The van der Waals surface area contributed by atoms with Crippen molar-refractivity contribution in [1.29, 1.82) is 0 Å². The van der Waals surface area contributed by atoms with Crippen molar-refractivity contribution in [3.63, 3.8) is 0 Å². The summed E-state index contributed by atoms with van der Waals surface area (Å²) < 4.78 is 1.91. The second-order valence-electron chi connectivity index (χ2n) is 6.66. The Balaban J connectivity index is 1.50. The van der Waals surface area contributed by atoms with Crippen LogP contribution in [-0.2, 0) is 10.5 Å². The Bertz CT molecular complexity index is 994. The fraction of sp³-hybridized carbons (Fsp3) is 0.250. The number of hydrogen-bond acceptors (Lipinski definition) is 6. The molecule has 3 aromatic rings. The van der Waals surface area contributed by atoms with Gasteiger partial charge in [-0.15, -0.1) is 16.4 Å². The summed E-state index contributed by atoms with van der Waals surface area (Å²) in [5.41, 5.74) is 2.22. The first-order valence-electron chi connectivity index (χ1n) is 8.96. The van der Waals surface area contributed by atoms with E-state index >= 15 is 0 Å². The van der Waals surface area contributed by atoms with Crippen LogP contribution in [0.4, 0.5) is 5.95 Å². The van der Waals surface area contributed by atoms with Crippen molar-refractivity contribution in [3.05, 3.63) is 70.1 Å². The summed E-state index contributed by atoms with van der Waals surface area (Å²) in [5.74, 6) is 1.62. The third-order valence-electron chi connectivity index (χ3n) is 4.93. The number of fused-ring (bicyclic) bond motifs is 2. The number of benzene rings is 1. The lowest BCUT2D eigenvalue weighted by atomic mass is 9.83. The van der Waals surface area contributed by atoms with E-state index in [2.05, 4.69) is 35.0 Å². The first-order valence-corrected chi connectivity index (χ1v) is 10.8. The fourth-order valence-corrected chi connectivity index (χ4v) is 5.31. The van der Waals surface area contributed by atoms with E-state index in [1.807, 2.05) is 28.9 Å². The monoisotopic (exact) mass is 394 g/mol. The van der Waals surface area contributed by atoms with Crippen molar-refractivity contribution >= 4 is 34.8 Å². The van der Waals surface area contributed by atoms with Crippen LogP contribution < -0.4 is 5.32 Å². The highest BCUT2D eigenvalue weighted by Crippen LogP contribution is 2.43. The number of carbonyl (C=O) groups is 1. The Kier molecular flexibility index (Phi) is 4.33. The van der Waals surface area contributed by atoms with Gasteiger partial charge in [0.1, 0.15) is 11.8 Å². The van der Waals surface area contributed by atoms with Crippen LogP contribution >= 0.6 is 23.1 Å². The van der Waals surface area contributed by atoms with E-state index in [0.717, 1.165) is 33.9 Å². The molecule has 27 heavy (non-hydrogen) atoms. The SMILES string of the molecule is O=C1CCC=C2Nc3nc(SCc4ccccc4)nn3[C@@H](c3cccs3)[C@H]12. The summed E-state index contributed by atoms with van der Waals surface area (Å²) in [4.78, 5) is 18.6. The molecule has 1 N–H and O–H groups in total. The summed E-state index contributed by atoms with van der Waals surface area (Å²) in [7, 11) is 0.